The van der Waals surface area contributed by atoms with E-state index in [1.807, 2.05) is 13.8 Å². The van der Waals surface area contributed by atoms with E-state index in [1.54, 1.807) is 22.9 Å². The Morgan fingerprint density at radius 2 is 1.89 bits per heavy atom. The summed E-state index contributed by atoms with van der Waals surface area (Å²) in [5.41, 5.74) is 0.638. The van der Waals surface area contributed by atoms with Crippen LogP contribution < -0.4 is 0 Å². The van der Waals surface area contributed by atoms with Gasteiger partial charge in [-0.3, -0.25) is 9.48 Å². The molecule has 0 radical (unpaired) electrons. The first-order chi connectivity index (χ1) is 8.93. The fraction of sp³-hybridized carbons (Fsp3) is 0.231. The summed E-state index contributed by atoms with van der Waals surface area (Å²) in [4.78, 5) is 12.5. The molecule has 1 aromatic carbocycles. The highest BCUT2D eigenvalue weighted by Gasteiger charge is 2.23. The number of rotatable bonds is 3. The second-order valence-corrected chi connectivity index (χ2v) is 5.50. The average molecular weight is 318 g/mol. The summed E-state index contributed by atoms with van der Waals surface area (Å²) in [6, 6.07) is 4.93. The first-order valence-electron chi connectivity index (χ1n) is 5.65. The van der Waals surface area contributed by atoms with E-state index >= 15 is 0 Å². The number of hydrogen-bond donors (Lipinski definition) is 0. The zero-order chi connectivity index (χ0) is 14.2. The molecule has 0 amide bonds. The molecule has 6 heteroatoms. The third-order valence-electron chi connectivity index (χ3n) is 2.65. The van der Waals surface area contributed by atoms with Crippen LogP contribution in [0.25, 0.3) is 0 Å². The van der Waals surface area contributed by atoms with Crippen LogP contribution in [0.15, 0.2) is 24.4 Å². The molecule has 0 unspecified atom stereocenters. The van der Waals surface area contributed by atoms with Crippen molar-refractivity contribution in [2.45, 2.75) is 19.9 Å². The highest BCUT2D eigenvalue weighted by Crippen LogP contribution is 2.29. The standard InChI is InChI=1S/C13H11Cl3N2O/c1-7(2)18-12(10(15)6-17-18)13(19)8-4-3-5-9(14)11(8)16/h3-7H,1-2H3. The number of carbonyl (C=O) groups is 1. The fourth-order valence-electron chi connectivity index (χ4n) is 1.75. The summed E-state index contributed by atoms with van der Waals surface area (Å²) >= 11 is 18.0. The number of ketones is 1. The van der Waals surface area contributed by atoms with Crippen molar-refractivity contribution in [3.8, 4) is 0 Å². The van der Waals surface area contributed by atoms with E-state index in [1.165, 1.54) is 6.20 Å². The maximum atomic E-state index is 12.5. The smallest absolute Gasteiger partial charge is 0.214 e. The minimum atomic E-state index is -0.288. The molecule has 19 heavy (non-hydrogen) atoms. The number of benzene rings is 1. The molecular weight excluding hydrogens is 307 g/mol. The Labute approximate surface area is 126 Å². The van der Waals surface area contributed by atoms with Crippen LogP contribution in [0.5, 0.6) is 0 Å². The van der Waals surface area contributed by atoms with Crippen LogP contribution in [0.2, 0.25) is 15.1 Å². The summed E-state index contributed by atoms with van der Waals surface area (Å²) in [5.74, 6) is -0.288. The van der Waals surface area contributed by atoms with Crippen molar-refractivity contribution in [1.29, 1.82) is 0 Å². The number of carbonyl (C=O) groups excluding carboxylic acids is 1. The number of halogens is 3. The summed E-state index contributed by atoms with van der Waals surface area (Å²) in [6.45, 7) is 3.83. The van der Waals surface area contributed by atoms with Gasteiger partial charge >= 0.3 is 0 Å². The highest BCUT2D eigenvalue weighted by atomic mass is 35.5. The Bertz CT molecular complexity index is 635. The normalized spacial score (nSPS) is 11.1. The van der Waals surface area contributed by atoms with Gasteiger partial charge in [0, 0.05) is 11.6 Å². The van der Waals surface area contributed by atoms with Gasteiger partial charge in [0.2, 0.25) is 5.78 Å². The van der Waals surface area contributed by atoms with E-state index in [9.17, 15) is 4.79 Å². The molecule has 0 atom stereocenters. The molecule has 0 bridgehead atoms. The minimum absolute atomic E-state index is 0.0180. The maximum Gasteiger partial charge on any atom is 0.214 e. The molecule has 0 aliphatic carbocycles. The Morgan fingerprint density at radius 3 is 2.53 bits per heavy atom. The minimum Gasteiger partial charge on any atom is -0.287 e. The van der Waals surface area contributed by atoms with Crippen LogP contribution in [0.1, 0.15) is 35.9 Å². The second-order valence-electron chi connectivity index (χ2n) is 4.31. The Morgan fingerprint density at radius 1 is 1.21 bits per heavy atom. The van der Waals surface area contributed by atoms with Gasteiger partial charge in [0.15, 0.2) is 0 Å². The number of nitrogens with zero attached hydrogens (tertiary/aromatic N) is 2. The maximum absolute atomic E-state index is 12.5. The second kappa shape index (κ2) is 5.53. The van der Waals surface area contributed by atoms with Gasteiger partial charge in [-0.05, 0) is 26.0 Å². The molecule has 0 N–H and O–H groups in total. The fourth-order valence-corrected chi connectivity index (χ4v) is 2.35. The summed E-state index contributed by atoms with van der Waals surface area (Å²) in [6.07, 6.45) is 1.45. The topological polar surface area (TPSA) is 34.9 Å². The molecule has 0 saturated heterocycles. The van der Waals surface area contributed by atoms with Crippen LogP contribution in [0, 0.1) is 0 Å². The molecule has 0 fully saturated rings. The van der Waals surface area contributed by atoms with Gasteiger partial charge in [0.25, 0.3) is 0 Å². The summed E-state index contributed by atoms with van der Waals surface area (Å²) < 4.78 is 1.57. The van der Waals surface area contributed by atoms with Crippen LogP contribution in [-0.4, -0.2) is 15.6 Å². The Balaban J connectivity index is 2.56. The van der Waals surface area contributed by atoms with E-state index in [2.05, 4.69) is 5.10 Å². The predicted molar refractivity (Wildman–Crippen MR) is 77.5 cm³/mol. The molecule has 3 nitrogen and oxygen atoms in total. The van der Waals surface area contributed by atoms with Crippen LogP contribution in [0.4, 0.5) is 0 Å². The molecule has 0 spiro atoms. The lowest BCUT2D eigenvalue weighted by Crippen LogP contribution is -2.14. The van der Waals surface area contributed by atoms with Gasteiger partial charge in [-0.15, -0.1) is 0 Å². The molecule has 1 aromatic heterocycles. The molecule has 0 aliphatic rings. The predicted octanol–water partition coefficient (Wildman–Crippen LogP) is 4.66. The van der Waals surface area contributed by atoms with E-state index in [4.69, 9.17) is 34.8 Å². The lowest BCUT2D eigenvalue weighted by molar-refractivity contribution is 0.102. The van der Waals surface area contributed by atoms with Crippen molar-refractivity contribution in [1.82, 2.24) is 9.78 Å². The molecule has 100 valence electrons. The number of hydrogen-bond acceptors (Lipinski definition) is 2. The zero-order valence-electron chi connectivity index (χ0n) is 10.3. The molecule has 1 heterocycles. The molecule has 2 rings (SSSR count). The van der Waals surface area contributed by atoms with E-state index in [0.29, 0.717) is 21.3 Å². The van der Waals surface area contributed by atoms with Crippen LogP contribution in [0.3, 0.4) is 0 Å². The van der Waals surface area contributed by atoms with E-state index in [0.717, 1.165) is 0 Å². The van der Waals surface area contributed by atoms with E-state index in [-0.39, 0.29) is 16.8 Å². The molecule has 2 aromatic rings. The lowest BCUT2D eigenvalue weighted by atomic mass is 10.1. The summed E-state index contributed by atoms with van der Waals surface area (Å²) in [7, 11) is 0. The highest BCUT2D eigenvalue weighted by molar-refractivity contribution is 6.44. The number of aromatic nitrogens is 2. The Hall–Kier alpha value is -1.03. The SMILES string of the molecule is CC(C)n1ncc(Cl)c1C(=O)c1cccc(Cl)c1Cl. The first-order valence-corrected chi connectivity index (χ1v) is 6.78. The van der Waals surface area contributed by atoms with Crippen molar-refractivity contribution in [3.63, 3.8) is 0 Å². The van der Waals surface area contributed by atoms with Gasteiger partial charge in [-0.1, -0.05) is 40.9 Å². The van der Waals surface area contributed by atoms with Gasteiger partial charge < -0.3 is 0 Å². The van der Waals surface area contributed by atoms with Crippen molar-refractivity contribution >= 4 is 40.6 Å². The van der Waals surface area contributed by atoms with Crippen molar-refractivity contribution in [2.75, 3.05) is 0 Å². The zero-order valence-corrected chi connectivity index (χ0v) is 12.6. The molecular formula is C13H11Cl3N2O. The summed E-state index contributed by atoms with van der Waals surface area (Å²) in [5, 5.41) is 4.96. The quantitative estimate of drug-likeness (QED) is 0.772. The monoisotopic (exact) mass is 316 g/mol. The van der Waals surface area contributed by atoms with Crippen LogP contribution in [-0.2, 0) is 0 Å². The third kappa shape index (κ3) is 2.64. The van der Waals surface area contributed by atoms with Gasteiger partial charge in [0.05, 0.1) is 21.3 Å². The van der Waals surface area contributed by atoms with Crippen molar-refractivity contribution < 1.29 is 4.79 Å². The van der Waals surface area contributed by atoms with Crippen molar-refractivity contribution in [2.24, 2.45) is 0 Å². The van der Waals surface area contributed by atoms with Crippen molar-refractivity contribution in [3.05, 3.63) is 50.7 Å². The third-order valence-corrected chi connectivity index (χ3v) is 3.75. The first kappa shape index (κ1) is 14.4. The van der Waals surface area contributed by atoms with E-state index < -0.39 is 0 Å². The van der Waals surface area contributed by atoms with Gasteiger partial charge in [-0.2, -0.15) is 5.10 Å². The van der Waals surface area contributed by atoms with Gasteiger partial charge in [-0.25, -0.2) is 0 Å². The molecule has 0 aliphatic heterocycles. The van der Waals surface area contributed by atoms with Gasteiger partial charge in [0.1, 0.15) is 5.69 Å². The van der Waals surface area contributed by atoms with Crippen LogP contribution >= 0.6 is 34.8 Å². The average Bonchev–Trinajstić information content (AvgIpc) is 2.74. The lowest BCUT2D eigenvalue weighted by Gasteiger charge is -2.11. The Kier molecular flexibility index (Phi) is 4.19. The largest absolute Gasteiger partial charge is 0.287 e. The molecule has 0 saturated carbocycles.